The van der Waals surface area contributed by atoms with Crippen LogP contribution in [0.4, 0.5) is 0 Å². The Bertz CT molecular complexity index is 733. The summed E-state index contributed by atoms with van der Waals surface area (Å²) in [6.45, 7) is 3.58. The first-order valence-corrected chi connectivity index (χ1v) is 9.59. The second-order valence-corrected chi connectivity index (χ2v) is 7.22. The molecule has 3 rings (SSSR count). The average molecular weight is 469 g/mol. The molecule has 0 radical (unpaired) electrons. The third-order valence-corrected chi connectivity index (χ3v) is 5.30. The van der Waals surface area contributed by atoms with Crippen LogP contribution in [0, 0.1) is 3.57 Å². The zero-order valence-corrected chi connectivity index (χ0v) is 17.0. The minimum absolute atomic E-state index is 0.500. The highest BCUT2D eigenvalue weighted by Gasteiger charge is 2.19. The summed E-state index contributed by atoms with van der Waals surface area (Å²) >= 11 is 7.94. The largest absolute Gasteiger partial charge is 0.493 e. The fourth-order valence-electron chi connectivity index (χ4n) is 2.66. The van der Waals surface area contributed by atoms with Crippen molar-refractivity contribution in [3.8, 4) is 11.5 Å². The van der Waals surface area contributed by atoms with Crippen molar-refractivity contribution in [2.24, 2.45) is 0 Å². The quantitative estimate of drug-likeness (QED) is 0.490. The number of ether oxygens (including phenoxy) is 3. The van der Waals surface area contributed by atoms with Crippen LogP contribution >= 0.6 is 34.8 Å². The Morgan fingerprint density at radius 1 is 1.20 bits per heavy atom. The zero-order valence-electron chi connectivity index (χ0n) is 14.0. The fraction of sp³-hybridized carbons (Fsp3) is 0.316. The molecule has 2 aromatic rings. The molecule has 4 nitrogen and oxygen atoms in total. The van der Waals surface area contributed by atoms with Gasteiger partial charge in [0.25, 0.3) is 0 Å². The number of hydrogen-bond donors (Lipinski definition) is 0. The lowest BCUT2D eigenvalue weighted by molar-refractivity contribution is 0.0693. The zero-order chi connectivity index (χ0) is 17.6. The second kappa shape index (κ2) is 8.82. The van der Waals surface area contributed by atoms with Crippen molar-refractivity contribution >= 4 is 39.8 Å². The Labute approximate surface area is 167 Å². The number of benzene rings is 2. The summed E-state index contributed by atoms with van der Waals surface area (Å²) in [5, 5.41) is 0. The first-order chi connectivity index (χ1) is 12.2. The van der Waals surface area contributed by atoms with Gasteiger partial charge in [-0.15, -0.1) is 0 Å². The number of halogens is 1. The molecule has 6 heteroatoms. The van der Waals surface area contributed by atoms with Gasteiger partial charge in [0, 0.05) is 18.7 Å². The molecular weight excluding hydrogens is 449 g/mol. The van der Waals surface area contributed by atoms with Crippen LogP contribution in [0.1, 0.15) is 11.1 Å². The molecule has 0 saturated carbocycles. The molecule has 1 aliphatic heterocycles. The fourth-order valence-corrected chi connectivity index (χ4v) is 3.72. The Hall–Kier alpha value is -1.38. The highest BCUT2D eigenvalue weighted by molar-refractivity contribution is 14.1. The standard InChI is InChI=1S/C19H20INO3S/c1-22-17-12-15(19(25)21-7-9-23-10-8-21)11-16(20)18(17)24-13-14-5-3-2-4-6-14/h2-6,11-12H,7-10,13H2,1H3. The van der Waals surface area contributed by atoms with Gasteiger partial charge in [-0.05, 0) is 40.3 Å². The van der Waals surface area contributed by atoms with Crippen molar-refractivity contribution in [2.75, 3.05) is 33.4 Å². The van der Waals surface area contributed by atoms with E-state index in [2.05, 4.69) is 33.6 Å². The van der Waals surface area contributed by atoms with E-state index in [0.29, 0.717) is 25.6 Å². The molecule has 0 unspecified atom stereocenters. The van der Waals surface area contributed by atoms with Crippen LogP contribution in [0.15, 0.2) is 42.5 Å². The van der Waals surface area contributed by atoms with Crippen molar-refractivity contribution in [1.29, 1.82) is 0 Å². The Morgan fingerprint density at radius 2 is 1.92 bits per heavy atom. The van der Waals surface area contributed by atoms with Gasteiger partial charge >= 0.3 is 0 Å². The minimum Gasteiger partial charge on any atom is -0.493 e. The molecule has 1 fully saturated rings. The van der Waals surface area contributed by atoms with Crippen molar-refractivity contribution < 1.29 is 14.2 Å². The highest BCUT2D eigenvalue weighted by atomic mass is 127. The normalized spacial score (nSPS) is 14.2. The van der Waals surface area contributed by atoms with E-state index < -0.39 is 0 Å². The molecule has 0 aromatic heterocycles. The van der Waals surface area contributed by atoms with E-state index in [4.69, 9.17) is 26.4 Å². The van der Waals surface area contributed by atoms with Gasteiger partial charge in [-0.3, -0.25) is 0 Å². The van der Waals surface area contributed by atoms with Crippen LogP contribution < -0.4 is 9.47 Å². The summed E-state index contributed by atoms with van der Waals surface area (Å²) in [6, 6.07) is 14.1. The summed E-state index contributed by atoms with van der Waals surface area (Å²) < 4.78 is 18.0. The van der Waals surface area contributed by atoms with Crippen molar-refractivity contribution in [3.63, 3.8) is 0 Å². The summed E-state index contributed by atoms with van der Waals surface area (Å²) in [6.07, 6.45) is 0. The van der Waals surface area contributed by atoms with Crippen LogP contribution in [-0.2, 0) is 11.3 Å². The van der Waals surface area contributed by atoms with Gasteiger partial charge in [-0.25, -0.2) is 0 Å². The molecular formula is C19H20INO3S. The number of nitrogens with zero attached hydrogens (tertiary/aromatic N) is 1. The first-order valence-electron chi connectivity index (χ1n) is 8.10. The molecule has 25 heavy (non-hydrogen) atoms. The molecule has 0 spiro atoms. The second-order valence-electron chi connectivity index (χ2n) is 5.67. The van der Waals surface area contributed by atoms with Gasteiger partial charge in [0.05, 0.1) is 23.9 Å². The SMILES string of the molecule is COc1cc(C(=S)N2CCOCC2)cc(I)c1OCc1ccccc1. The van der Waals surface area contributed by atoms with Gasteiger partial charge in [0.2, 0.25) is 0 Å². The van der Waals surface area contributed by atoms with Crippen molar-refractivity contribution in [3.05, 3.63) is 57.2 Å². The van der Waals surface area contributed by atoms with E-state index in [1.54, 1.807) is 7.11 Å². The number of thiocarbonyl (C=S) groups is 1. The smallest absolute Gasteiger partial charge is 0.174 e. The van der Waals surface area contributed by atoms with E-state index >= 15 is 0 Å². The van der Waals surface area contributed by atoms with E-state index in [1.807, 2.05) is 36.4 Å². The van der Waals surface area contributed by atoms with Crippen LogP contribution in [0.25, 0.3) is 0 Å². The molecule has 0 atom stereocenters. The van der Waals surface area contributed by atoms with Gasteiger partial charge in [0.1, 0.15) is 11.6 Å². The van der Waals surface area contributed by atoms with Crippen molar-refractivity contribution in [1.82, 2.24) is 4.90 Å². The molecule has 1 aliphatic rings. The molecule has 132 valence electrons. The first kappa shape index (κ1) is 18.4. The van der Waals surface area contributed by atoms with Gasteiger partial charge < -0.3 is 19.1 Å². The number of rotatable bonds is 5. The third-order valence-electron chi connectivity index (χ3n) is 4.00. The lowest BCUT2D eigenvalue weighted by Gasteiger charge is -2.29. The molecule has 0 amide bonds. The lowest BCUT2D eigenvalue weighted by atomic mass is 10.1. The molecule has 1 heterocycles. The Kier molecular flexibility index (Phi) is 6.50. The number of methoxy groups -OCH3 is 1. The monoisotopic (exact) mass is 469 g/mol. The predicted octanol–water partition coefficient (Wildman–Crippen LogP) is 3.89. The Morgan fingerprint density at radius 3 is 2.60 bits per heavy atom. The van der Waals surface area contributed by atoms with E-state index in [0.717, 1.165) is 38.5 Å². The summed E-state index contributed by atoms with van der Waals surface area (Å²) in [5.74, 6) is 1.45. The maximum absolute atomic E-state index is 6.02. The molecule has 0 N–H and O–H groups in total. The van der Waals surface area contributed by atoms with Crippen LogP contribution in [0.3, 0.4) is 0 Å². The molecule has 0 aliphatic carbocycles. The lowest BCUT2D eigenvalue weighted by Crippen LogP contribution is -2.40. The summed E-state index contributed by atoms with van der Waals surface area (Å²) in [5.41, 5.74) is 2.10. The minimum atomic E-state index is 0.500. The predicted molar refractivity (Wildman–Crippen MR) is 111 cm³/mol. The summed E-state index contributed by atoms with van der Waals surface area (Å²) in [4.78, 5) is 3.00. The highest BCUT2D eigenvalue weighted by Crippen LogP contribution is 2.35. The van der Waals surface area contributed by atoms with E-state index in [1.165, 1.54) is 0 Å². The number of hydrogen-bond acceptors (Lipinski definition) is 4. The van der Waals surface area contributed by atoms with Gasteiger partial charge in [-0.1, -0.05) is 42.5 Å². The maximum Gasteiger partial charge on any atom is 0.174 e. The van der Waals surface area contributed by atoms with E-state index in [9.17, 15) is 0 Å². The molecule has 0 bridgehead atoms. The maximum atomic E-state index is 6.02. The van der Waals surface area contributed by atoms with Crippen LogP contribution in [0.5, 0.6) is 11.5 Å². The van der Waals surface area contributed by atoms with Crippen molar-refractivity contribution in [2.45, 2.75) is 6.61 Å². The van der Waals surface area contributed by atoms with Crippen LogP contribution in [0.2, 0.25) is 0 Å². The Balaban J connectivity index is 1.79. The van der Waals surface area contributed by atoms with Crippen LogP contribution in [-0.4, -0.2) is 43.3 Å². The van der Waals surface area contributed by atoms with E-state index in [-0.39, 0.29) is 0 Å². The van der Waals surface area contributed by atoms with Gasteiger partial charge in [-0.2, -0.15) is 0 Å². The third kappa shape index (κ3) is 4.62. The number of morpholine rings is 1. The molecule has 1 saturated heterocycles. The van der Waals surface area contributed by atoms with Gasteiger partial charge in [0.15, 0.2) is 11.5 Å². The average Bonchev–Trinajstić information content (AvgIpc) is 2.67. The summed E-state index contributed by atoms with van der Waals surface area (Å²) in [7, 11) is 1.66. The topological polar surface area (TPSA) is 30.9 Å². The molecule has 2 aromatic carbocycles.